The number of alkyl halides is 3. The van der Waals surface area contributed by atoms with Crippen molar-refractivity contribution in [3.05, 3.63) is 35.4 Å². The van der Waals surface area contributed by atoms with Gasteiger partial charge in [-0.2, -0.15) is 13.2 Å². The molecule has 0 aromatic heterocycles. The van der Waals surface area contributed by atoms with Gasteiger partial charge in [-0.05, 0) is 49.0 Å². The summed E-state index contributed by atoms with van der Waals surface area (Å²) in [6.07, 6.45) is -3.25. The molecular formula is C13H17ClF3N. The van der Waals surface area contributed by atoms with Crippen LogP contribution in [0.3, 0.4) is 0 Å². The van der Waals surface area contributed by atoms with Crippen LogP contribution >= 0.6 is 12.4 Å². The quantitative estimate of drug-likeness (QED) is 0.824. The summed E-state index contributed by atoms with van der Waals surface area (Å²) in [7, 11) is 0. The van der Waals surface area contributed by atoms with E-state index in [-0.39, 0.29) is 12.4 Å². The summed E-state index contributed by atoms with van der Waals surface area (Å²) < 4.78 is 37.3. The van der Waals surface area contributed by atoms with Gasteiger partial charge in [0.15, 0.2) is 0 Å². The smallest absolute Gasteiger partial charge is 0.316 e. The van der Waals surface area contributed by atoms with Gasteiger partial charge in [-0.15, -0.1) is 12.4 Å². The SMILES string of the molecule is C[C@H]1CNCC[C@H]1c1ccc(C(F)(F)F)cc1.Cl. The molecule has 1 fully saturated rings. The average molecular weight is 280 g/mol. The van der Waals surface area contributed by atoms with Gasteiger partial charge in [0.05, 0.1) is 5.56 Å². The van der Waals surface area contributed by atoms with Crippen LogP contribution in [0.2, 0.25) is 0 Å². The molecule has 1 heterocycles. The summed E-state index contributed by atoms with van der Waals surface area (Å²) >= 11 is 0. The maximum Gasteiger partial charge on any atom is 0.416 e. The van der Waals surface area contributed by atoms with Gasteiger partial charge in [0.2, 0.25) is 0 Å². The van der Waals surface area contributed by atoms with Crippen molar-refractivity contribution >= 4 is 12.4 Å². The van der Waals surface area contributed by atoms with Gasteiger partial charge in [-0.1, -0.05) is 19.1 Å². The molecule has 102 valence electrons. The largest absolute Gasteiger partial charge is 0.416 e. The molecule has 1 aliphatic heterocycles. The Kier molecular flexibility index (Phi) is 5.05. The topological polar surface area (TPSA) is 12.0 Å². The number of halogens is 4. The fraction of sp³-hybridized carbons (Fsp3) is 0.538. The zero-order valence-corrected chi connectivity index (χ0v) is 10.9. The molecule has 0 spiro atoms. The van der Waals surface area contributed by atoms with E-state index in [1.54, 1.807) is 12.1 Å². The van der Waals surface area contributed by atoms with E-state index in [4.69, 9.17) is 0 Å². The predicted octanol–water partition coefficient (Wildman–Crippen LogP) is 3.84. The number of hydrogen-bond acceptors (Lipinski definition) is 1. The molecule has 0 radical (unpaired) electrons. The van der Waals surface area contributed by atoms with Crippen molar-refractivity contribution in [3.8, 4) is 0 Å². The molecule has 0 unspecified atom stereocenters. The first-order valence-corrected chi connectivity index (χ1v) is 5.86. The summed E-state index contributed by atoms with van der Waals surface area (Å²) in [6, 6.07) is 5.61. The zero-order chi connectivity index (χ0) is 12.5. The predicted molar refractivity (Wildman–Crippen MR) is 68.1 cm³/mol. The van der Waals surface area contributed by atoms with Gasteiger partial charge in [-0.25, -0.2) is 0 Å². The van der Waals surface area contributed by atoms with E-state index >= 15 is 0 Å². The first-order valence-electron chi connectivity index (χ1n) is 5.86. The van der Waals surface area contributed by atoms with Crippen molar-refractivity contribution in [3.63, 3.8) is 0 Å². The second-order valence-electron chi connectivity index (χ2n) is 4.70. The van der Waals surface area contributed by atoms with Gasteiger partial charge in [-0.3, -0.25) is 0 Å². The fourth-order valence-electron chi connectivity index (χ4n) is 2.43. The molecule has 0 amide bonds. The van der Waals surface area contributed by atoms with Crippen LogP contribution in [0.25, 0.3) is 0 Å². The lowest BCUT2D eigenvalue weighted by atomic mass is 9.82. The lowest BCUT2D eigenvalue weighted by Gasteiger charge is -2.30. The van der Waals surface area contributed by atoms with E-state index < -0.39 is 11.7 Å². The molecule has 2 rings (SSSR count). The number of rotatable bonds is 1. The average Bonchev–Trinajstić information content (AvgIpc) is 2.29. The molecule has 0 bridgehead atoms. The summed E-state index contributed by atoms with van der Waals surface area (Å²) in [4.78, 5) is 0. The minimum absolute atomic E-state index is 0. The van der Waals surface area contributed by atoms with E-state index in [9.17, 15) is 13.2 Å². The van der Waals surface area contributed by atoms with Gasteiger partial charge < -0.3 is 5.32 Å². The van der Waals surface area contributed by atoms with Crippen LogP contribution in [0.5, 0.6) is 0 Å². The molecule has 2 atom stereocenters. The van der Waals surface area contributed by atoms with Crippen molar-refractivity contribution < 1.29 is 13.2 Å². The van der Waals surface area contributed by atoms with Crippen LogP contribution in [-0.4, -0.2) is 13.1 Å². The molecule has 0 aliphatic carbocycles. The maximum atomic E-state index is 12.4. The van der Waals surface area contributed by atoms with Crippen LogP contribution < -0.4 is 5.32 Å². The van der Waals surface area contributed by atoms with E-state index in [0.29, 0.717) is 11.8 Å². The highest BCUT2D eigenvalue weighted by Crippen LogP contribution is 2.33. The summed E-state index contributed by atoms with van der Waals surface area (Å²) in [5.74, 6) is 0.846. The van der Waals surface area contributed by atoms with Gasteiger partial charge in [0.1, 0.15) is 0 Å². The highest BCUT2D eigenvalue weighted by Gasteiger charge is 2.30. The third-order valence-corrected chi connectivity index (χ3v) is 3.45. The Balaban J connectivity index is 0.00000162. The molecular weight excluding hydrogens is 263 g/mol. The van der Waals surface area contributed by atoms with Crippen LogP contribution in [0.1, 0.15) is 30.4 Å². The second kappa shape index (κ2) is 5.93. The molecule has 1 nitrogen and oxygen atoms in total. The normalized spacial score (nSPS) is 24.4. The summed E-state index contributed by atoms with van der Waals surface area (Å²) in [6.45, 7) is 4.01. The highest BCUT2D eigenvalue weighted by atomic mass is 35.5. The summed E-state index contributed by atoms with van der Waals surface area (Å²) in [5.41, 5.74) is 0.454. The monoisotopic (exact) mass is 279 g/mol. The van der Waals surface area contributed by atoms with E-state index in [1.165, 1.54) is 12.1 Å². The molecule has 1 N–H and O–H groups in total. The minimum atomic E-state index is -4.24. The van der Waals surface area contributed by atoms with Crippen molar-refractivity contribution in [2.24, 2.45) is 5.92 Å². The van der Waals surface area contributed by atoms with Crippen molar-refractivity contribution in [2.75, 3.05) is 13.1 Å². The molecule has 1 aromatic carbocycles. The third kappa shape index (κ3) is 3.39. The molecule has 1 saturated heterocycles. The lowest BCUT2D eigenvalue weighted by molar-refractivity contribution is -0.137. The van der Waals surface area contributed by atoms with Gasteiger partial charge in [0.25, 0.3) is 0 Å². The zero-order valence-electron chi connectivity index (χ0n) is 10.1. The highest BCUT2D eigenvalue weighted by molar-refractivity contribution is 5.85. The number of benzene rings is 1. The molecule has 18 heavy (non-hydrogen) atoms. The second-order valence-corrected chi connectivity index (χ2v) is 4.70. The standard InChI is InChI=1S/C13H16F3N.ClH/c1-9-8-17-7-6-12(9)10-2-4-11(5-3-10)13(14,15)16;/h2-5,9,12,17H,6-8H2,1H3;1H/t9-,12+;/m0./s1. The summed E-state index contributed by atoms with van der Waals surface area (Å²) in [5, 5.41) is 3.29. The van der Waals surface area contributed by atoms with E-state index in [2.05, 4.69) is 12.2 Å². The number of nitrogens with one attached hydrogen (secondary N) is 1. The van der Waals surface area contributed by atoms with Crippen LogP contribution in [0.4, 0.5) is 13.2 Å². The Labute approximate surface area is 111 Å². The first-order chi connectivity index (χ1) is 7.98. The molecule has 1 aromatic rings. The van der Waals surface area contributed by atoms with Crippen LogP contribution in [0.15, 0.2) is 24.3 Å². The van der Waals surface area contributed by atoms with Crippen LogP contribution in [-0.2, 0) is 6.18 Å². The maximum absolute atomic E-state index is 12.4. The Hall–Kier alpha value is -0.740. The minimum Gasteiger partial charge on any atom is -0.316 e. The van der Waals surface area contributed by atoms with Gasteiger partial charge in [0, 0.05) is 0 Å². The Bertz CT molecular complexity index is 375. The van der Waals surface area contributed by atoms with E-state index in [0.717, 1.165) is 25.1 Å². The fourth-order valence-corrected chi connectivity index (χ4v) is 2.43. The third-order valence-electron chi connectivity index (χ3n) is 3.45. The Morgan fingerprint density at radius 2 is 1.78 bits per heavy atom. The number of hydrogen-bond donors (Lipinski definition) is 1. The van der Waals surface area contributed by atoms with Crippen molar-refractivity contribution in [2.45, 2.75) is 25.4 Å². The lowest BCUT2D eigenvalue weighted by Crippen LogP contribution is -2.33. The van der Waals surface area contributed by atoms with Crippen LogP contribution in [0, 0.1) is 5.92 Å². The van der Waals surface area contributed by atoms with Crippen molar-refractivity contribution in [1.29, 1.82) is 0 Å². The molecule has 0 saturated carbocycles. The Morgan fingerprint density at radius 1 is 1.17 bits per heavy atom. The van der Waals surface area contributed by atoms with Gasteiger partial charge >= 0.3 is 6.18 Å². The van der Waals surface area contributed by atoms with E-state index in [1.807, 2.05) is 0 Å². The Morgan fingerprint density at radius 3 is 2.28 bits per heavy atom. The molecule has 1 aliphatic rings. The molecule has 5 heteroatoms. The number of piperidine rings is 1. The van der Waals surface area contributed by atoms with Crippen molar-refractivity contribution in [1.82, 2.24) is 5.32 Å². The first kappa shape index (κ1) is 15.3.